The third kappa shape index (κ3) is 5.87. The maximum Gasteiger partial charge on any atom is 0.191 e. The highest BCUT2D eigenvalue weighted by Crippen LogP contribution is 2.09. The Kier molecular flexibility index (Phi) is 8.28. The molecule has 1 saturated heterocycles. The second-order valence-corrected chi connectivity index (χ2v) is 5.80. The van der Waals surface area contributed by atoms with Gasteiger partial charge in [-0.15, -0.1) is 24.0 Å². The van der Waals surface area contributed by atoms with Crippen LogP contribution in [0.4, 0.5) is 4.39 Å². The molecule has 0 spiro atoms. The normalized spacial score (nSPS) is 15.8. The number of nitrogens with two attached hydrogens (primary N) is 1. The average molecular weight is 409 g/mol. The molecule has 0 atom stereocenters. The number of aryl methyl sites for hydroxylation is 1. The van der Waals surface area contributed by atoms with Gasteiger partial charge in [0.25, 0.3) is 0 Å². The Morgan fingerprint density at radius 3 is 2.80 bits per heavy atom. The number of hydrogen-bond donors (Lipinski definition) is 1. The Labute approximate surface area is 141 Å². The number of thioether (sulfide) groups is 1. The van der Waals surface area contributed by atoms with Crippen molar-refractivity contribution in [3.8, 4) is 0 Å². The van der Waals surface area contributed by atoms with Crippen molar-refractivity contribution in [3.63, 3.8) is 0 Å². The van der Waals surface area contributed by atoms with Gasteiger partial charge in [-0.1, -0.05) is 12.1 Å². The van der Waals surface area contributed by atoms with Crippen molar-refractivity contribution in [3.05, 3.63) is 35.6 Å². The molecule has 0 unspecified atom stereocenters. The number of benzene rings is 1. The second-order valence-electron chi connectivity index (χ2n) is 4.57. The van der Waals surface area contributed by atoms with E-state index in [-0.39, 0.29) is 29.8 Å². The van der Waals surface area contributed by atoms with Crippen molar-refractivity contribution < 1.29 is 4.39 Å². The molecule has 2 rings (SSSR count). The smallest absolute Gasteiger partial charge is 0.191 e. The molecule has 0 saturated carbocycles. The lowest BCUT2D eigenvalue weighted by Crippen LogP contribution is -2.42. The van der Waals surface area contributed by atoms with Crippen LogP contribution in [0.2, 0.25) is 0 Å². The Bertz CT molecular complexity index is 436. The zero-order valence-corrected chi connectivity index (χ0v) is 14.6. The van der Waals surface area contributed by atoms with Crippen LogP contribution in [0, 0.1) is 5.82 Å². The van der Waals surface area contributed by atoms with Crippen LogP contribution in [0.3, 0.4) is 0 Å². The van der Waals surface area contributed by atoms with Gasteiger partial charge in [-0.05, 0) is 30.5 Å². The van der Waals surface area contributed by atoms with Crippen LogP contribution < -0.4 is 5.73 Å². The van der Waals surface area contributed by atoms with Gasteiger partial charge in [-0.25, -0.2) is 4.39 Å². The Balaban J connectivity index is 0.00000200. The van der Waals surface area contributed by atoms with Crippen molar-refractivity contribution >= 4 is 41.7 Å². The lowest BCUT2D eigenvalue weighted by molar-refractivity contribution is 0.455. The van der Waals surface area contributed by atoms with Crippen LogP contribution in [0.25, 0.3) is 0 Å². The molecule has 20 heavy (non-hydrogen) atoms. The average Bonchev–Trinajstić information content (AvgIpc) is 2.44. The fourth-order valence-corrected chi connectivity index (χ4v) is 2.96. The van der Waals surface area contributed by atoms with Gasteiger partial charge in [0.15, 0.2) is 5.96 Å². The topological polar surface area (TPSA) is 41.6 Å². The Hall–Kier alpha value is -0.500. The van der Waals surface area contributed by atoms with Crippen molar-refractivity contribution in [2.24, 2.45) is 10.7 Å². The van der Waals surface area contributed by atoms with E-state index in [0.29, 0.717) is 12.5 Å². The van der Waals surface area contributed by atoms with E-state index in [9.17, 15) is 4.39 Å². The highest BCUT2D eigenvalue weighted by molar-refractivity contribution is 14.0. The van der Waals surface area contributed by atoms with E-state index < -0.39 is 0 Å². The third-order valence-corrected chi connectivity index (χ3v) is 4.06. The van der Waals surface area contributed by atoms with Crippen molar-refractivity contribution in [1.82, 2.24) is 4.90 Å². The first-order valence-corrected chi connectivity index (χ1v) is 7.78. The lowest BCUT2D eigenvalue weighted by atomic mass is 10.1. The van der Waals surface area contributed by atoms with Gasteiger partial charge < -0.3 is 10.6 Å². The molecule has 6 heteroatoms. The first kappa shape index (κ1) is 17.6. The molecule has 2 N–H and O–H groups in total. The van der Waals surface area contributed by atoms with Crippen LogP contribution in [-0.2, 0) is 6.42 Å². The summed E-state index contributed by atoms with van der Waals surface area (Å²) in [7, 11) is 0. The number of aliphatic imine (C=N–C) groups is 1. The molecule has 0 bridgehead atoms. The maximum atomic E-state index is 13.0. The largest absolute Gasteiger partial charge is 0.370 e. The summed E-state index contributed by atoms with van der Waals surface area (Å²) in [5.41, 5.74) is 6.98. The highest BCUT2D eigenvalue weighted by Gasteiger charge is 2.11. The number of guanidine groups is 1. The predicted octanol–water partition coefficient (Wildman–Crippen LogP) is 2.74. The molecular weight excluding hydrogens is 388 g/mol. The quantitative estimate of drug-likeness (QED) is 0.360. The molecular formula is C14H21FIN3S. The Morgan fingerprint density at radius 1 is 1.35 bits per heavy atom. The van der Waals surface area contributed by atoms with E-state index in [2.05, 4.69) is 9.89 Å². The fraction of sp³-hybridized carbons (Fsp3) is 0.500. The molecule has 1 aromatic rings. The lowest BCUT2D eigenvalue weighted by Gasteiger charge is -2.27. The first-order valence-electron chi connectivity index (χ1n) is 6.63. The second kappa shape index (κ2) is 9.44. The molecule has 1 heterocycles. The molecule has 0 amide bonds. The van der Waals surface area contributed by atoms with Crippen LogP contribution in [0.15, 0.2) is 29.3 Å². The van der Waals surface area contributed by atoms with Gasteiger partial charge in [-0.3, -0.25) is 4.99 Å². The van der Waals surface area contributed by atoms with Crippen molar-refractivity contribution in [1.29, 1.82) is 0 Å². The van der Waals surface area contributed by atoms with Gasteiger partial charge in [0, 0.05) is 31.1 Å². The van der Waals surface area contributed by atoms with Gasteiger partial charge in [0.2, 0.25) is 0 Å². The summed E-state index contributed by atoms with van der Waals surface area (Å²) in [6.07, 6.45) is 1.73. The number of rotatable bonds is 4. The summed E-state index contributed by atoms with van der Waals surface area (Å²) in [5, 5.41) is 0. The summed E-state index contributed by atoms with van der Waals surface area (Å²) in [5.74, 6) is 2.73. The molecule has 112 valence electrons. The summed E-state index contributed by atoms with van der Waals surface area (Å²) in [6.45, 7) is 2.68. The zero-order valence-electron chi connectivity index (χ0n) is 11.4. The monoisotopic (exact) mass is 409 g/mol. The zero-order chi connectivity index (χ0) is 13.5. The summed E-state index contributed by atoms with van der Waals surface area (Å²) in [4.78, 5) is 6.54. The van der Waals surface area contributed by atoms with Crippen LogP contribution in [0.5, 0.6) is 0 Å². The minimum Gasteiger partial charge on any atom is -0.370 e. The van der Waals surface area contributed by atoms with Crippen LogP contribution >= 0.6 is 35.7 Å². The molecule has 1 fully saturated rings. The highest BCUT2D eigenvalue weighted by atomic mass is 127. The van der Waals surface area contributed by atoms with Gasteiger partial charge in [0.05, 0.1) is 0 Å². The van der Waals surface area contributed by atoms with Gasteiger partial charge >= 0.3 is 0 Å². The summed E-state index contributed by atoms with van der Waals surface area (Å²) in [6, 6.07) is 6.73. The molecule has 0 aromatic heterocycles. The molecule has 0 radical (unpaired) electrons. The van der Waals surface area contributed by atoms with E-state index in [0.717, 1.165) is 43.0 Å². The van der Waals surface area contributed by atoms with Crippen molar-refractivity contribution in [2.75, 3.05) is 31.1 Å². The number of hydrogen-bond acceptors (Lipinski definition) is 2. The molecule has 1 aromatic carbocycles. The van der Waals surface area contributed by atoms with Gasteiger partial charge in [-0.2, -0.15) is 11.8 Å². The van der Waals surface area contributed by atoms with E-state index in [1.54, 1.807) is 12.1 Å². The standard InChI is InChI=1S/C14H20FN3S.HI/c15-13-5-1-3-12(11-13)4-2-6-17-14(16)18-7-9-19-10-8-18;/h1,3,5,11H,2,4,6-10H2,(H2,16,17);1H. The first-order chi connectivity index (χ1) is 9.25. The van der Waals surface area contributed by atoms with Crippen LogP contribution in [-0.4, -0.2) is 42.0 Å². The Morgan fingerprint density at radius 2 is 2.10 bits per heavy atom. The summed E-state index contributed by atoms with van der Waals surface area (Å²) >= 11 is 1.96. The molecule has 3 nitrogen and oxygen atoms in total. The van der Waals surface area contributed by atoms with Gasteiger partial charge in [0.1, 0.15) is 5.82 Å². The minimum atomic E-state index is -0.175. The predicted molar refractivity (Wildman–Crippen MR) is 95.5 cm³/mol. The van der Waals surface area contributed by atoms with Crippen molar-refractivity contribution in [2.45, 2.75) is 12.8 Å². The minimum absolute atomic E-state index is 0. The molecule has 0 aliphatic carbocycles. The van der Waals surface area contributed by atoms with E-state index in [4.69, 9.17) is 5.73 Å². The number of nitrogens with zero attached hydrogens (tertiary/aromatic N) is 2. The molecule has 1 aliphatic rings. The van der Waals surface area contributed by atoms with Crippen LogP contribution in [0.1, 0.15) is 12.0 Å². The number of halogens is 2. The van der Waals surface area contributed by atoms with E-state index >= 15 is 0 Å². The third-order valence-electron chi connectivity index (χ3n) is 3.12. The van der Waals surface area contributed by atoms with E-state index in [1.807, 2.05) is 17.8 Å². The maximum absolute atomic E-state index is 13.0. The summed E-state index contributed by atoms with van der Waals surface area (Å²) < 4.78 is 13.0. The van der Waals surface area contributed by atoms with E-state index in [1.165, 1.54) is 6.07 Å². The SMILES string of the molecule is I.NC(=NCCCc1cccc(F)c1)N1CCSCC1. The fourth-order valence-electron chi connectivity index (χ4n) is 2.06. The molecule has 1 aliphatic heterocycles.